The number of benzene rings is 2. The lowest BCUT2D eigenvalue weighted by Gasteiger charge is -2.31. The smallest absolute Gasteiger partial charge is 0.293 e. The maximum absolute atomic E-state index is 13.3. The quantitative estimate of drug-likeness (QED) is 0.0655. The molecule has 0 saturated carbocycles. The van der Waals surface area contributed by atoms with Gasteiger partial charge in [-0.2, -0.15) is 4.98 Å². The highest BCUT2D eigenvalue weighted by atomic mass is 35.5. The van der Waals surface area contributed by atoms with Gasteiger partial charge in [-0.05, 0) is 76.3 Å². The highest BCUT2D eigenvalue weighted by molar-refractivity contribution is 7.15. The fraction of sp³-hybridized carbons (Fsp3) is 0.408. The molecule has 0 radical (unpaired) electrons. The molecule has 2 aliphatic rings. The number of anilines is 3. The number of aryl methyl sites for hydroxylation is 3. The number of carbonyl (C=O) groups is 3. The Morgan fingerprint density at radius 2 is 1.66 bits per heavy atom. The van der Waals surface area contributed by atoms with Gasteiger partial charge in [0.25, 0.3) is 11.5 Å². The number of methoxy groups -OCH3 is 1. The fourth-order valence-electron chi connectivity index (χ4n) is 8.61. The van der Waals surface area contributed by atoms with Crippen LogP contribution in [0.4, 0.5) is 17.5 Å². The largest absolute Gasteiger partial charge is 0.494 e. The molecule has 1 saturated heterocycles. The summed E-state index contributed by atoms with van der Waals surface area (Å²) in [6, 6.07) is 12.1. The van der Waals surface area contributed by atoms with E-state index in [1.54, 1.807) is 36.6 Å². The minimum atomic E-state index is -0.550. The molecule has 1 atom stereocenters. The SMILES string of the molecule is CNC(=O)COc1cc2cc(Nc3nc(N4CCC(C(=O)NCCCOCCCNC(=O)C[C@@H]5N=C(c6ccc(Cl)cc6)c6c(sc(C)c6C)-n6c(C)nnc65)CC4)ncc3Cl)cc(OC)c2n(C)c1=O. The van der Waals surface area contributed by atoms with Crippen molar-refractivity contribution in [3.63, 3.8) is 0 Å². The maximum Gasteiger partial charge on any atom is 0.293 e. The van der Waals surface area contributed by atoms with E-state index in [1.807, 2.05) is 40.7 Å². The topological polar surface area (TPSA) is 221 Å². The first kappa shape index (κ1) is 50.8. The second-order valence-corrected chi connectivity index (χ2v) is 19.3. The Morgan fingerprint density at radius 3 is 2.38 bits per heavy atom. The van der Waals surface area contributed by atoms with Gasteiger partial charge >= 0.3 is 0 Å². The normalized spacial score (nSPS) is 14.6. The predicted molar refractivity (Wildman–Crippen MR) is 275 cm³/mol. The van der Waals surface area contributed by atoms with Crippen LogP contribution in [0.25, 0.3) is 15.9 Å². The number of nitrogens with zero attached hydrogens (tertiary/aromatic N) is 8. The van der Waals surface area contributed by atoms with Crippen LogP contribution in [0.1, 0.15) is 71.4 Å². The maximum atomic E-state index is 13.3. The van der Waals surface area contributed by atoms with Crippen LogP contribution in [0.3, 0.4) is 0 Å². The van der Waals surface area contributed by atoms with Crippen molar-refractivity contribution in [2.24, 2.45) is 18.0 Å². The summed E-state index contributed by atoms with van der Waals surface area (Å²) >= 11 is 14.5. The van der Waals surface area contributed by atoms with Gasteiger partial charge in [-0.25, -0.2) is 4.98 Å². The highest BCUT2D eigenvalue weighted by Crippen LogP contribution is 2.40. The van der Waals surface area contributed by atoms with Gasteiger partial charge in [-0.3, -0.25) is 28.7 Å². The number of fused-ring (bicyclic) bond motifs is 4. The van der Waals surface area contributed by atoms with E-state index in [9.17, 15) is 19.2 Å². The second kappa shape index (κ2) is 22.6. The Balaban J connectivity index is 0.762. The molecule has 6 aromatic rings. The molecule has 6 heterocycles. The van der Waals surface area contributed by atoms with Gasteiger partial charge in [0.1, 0.15) is 27.6 Å². The Bertz CT molecular complexity index is 3040. The number of piperidine rings is 1. The third kappa shape index (κ3) is 11.5. The Hall–Kier alpha value is -6.61. The lowest BCUT2D eigenvalue weighted by atomic mass is 9.96. The van der Waals surface area contributed by atoms with Crippen molar-refractivity contribution in [3.05, 3.63) is 102 Å². The van der Waals surface area contributed by atoms with E-state index in [2.05, 4.69) is 50.3 Å². The Labute approximate surface area is 424 Å². The summed E-state index contributed by atoms with van der Waals surface area (Å²) in [7, 11) is 4.59. The summed E-state index contributed by atoms with van der Waals surface area (Å²) in [6.07, 6.45) is 4.16. The van der Waals surface area contributed by atoms with E-state index >= 15 is 0 Å². The predicted octanol–water partition coefficient (Wildman–Crippen LogP) is 6.31. The van der Waals surface area contributed by atoms with Gasteiger partial charge in [-0.1, -0.05) is 35.3 Å². The third-order valence-corrected chi connectivity index (χ3v) is 14.3. The minimum absolute atomic E-state index is 0.00393. The number of nitrogens with one attached hydrogen (secondary N) is 4. The van der Waals surface area contributed by atoms with Crippen LogP contribution < -0.4 is 41.2 Å². The summed E-state index contributed by atoms with van der Waals surface area (Å²) in [5, 5.41) is 23.2. The van der Waals surface area contributed by atoms with Crippen molar-refractivity contribution in [1.29, 1.82) is 0 Å². The zero-order valence-electron chi connectivity index (χ0n) is 40.4. The molecular formula is C49H56Cl2N12O7S. The first-order valence-electron chi connectivity index (χ1n) is 23.3. The van der Waals surface area contributed by atoms with Crippen LogP contribution >= 0.6 is 34.5 Å². The third-order valence-electron chi connectivity index (χ3n) is 12.5. The number of halogens is 2. The zero-order chi connectivity index (χ0) is 50.3. The number of aliphatic imine (C=N–C) groups is 1. The number of hydrogen-bond acceptors (Lipinski definition) is 15. The molecule has 1 fully saturated rings. The van der Waals surface area contributed by atoms with E-state index in [0.29, 0.717) is 115 Å². The summed E-state index contributed by atoms with van der Waals surface area (Å²) in [6.45, 7) is 8.80. The number of aromatic nitrogens is 6. The van der Waals surface area contributed by atoms with Crippen LogP contribution in [0.2, 0.25) is 10.0 Å². The average Bonchev–Trinajstić information content (AvgIpc) is 3.85. The molecule has 0 aliphatic carbocycles. The van der Waals surface area contributed by atoms with Gasteiger partial charge in [0, 0.05) is 97.6 Å². The molecule has 71 heavy (non-hydrogen) atoms. The molecule has 8 rings (SSSR count). The number of ether oxygens (including phenoxy) is 3. The summed E-state index contributed by atoms with van der Waals surface area (Å²) in [5.41, 5.74) is 4.55. The number of thiophene rings is 1. The first-order chi connectivity index (χ1) is 34.2. The lowest BCUT2D eigenvalue weighted by molar-refractivity contribution is -0.125. The van der Waals surface area contributed by atoms with Crippen molar-refractivity contribution in [2.45, 2.75) is 58.9 Å². The minimum Gasteiger partial charge on any atom is -0.494 e. The van der Waals surface area contributed by atoms with Crippen molar-refractivity contribution in [3.8, 4) is 16.5 Å². The average molecular weight is 1030 g/mol. The zero-order valence-corrected chi connectivity index (χ0v) is 42.7. The van der Waals surface area contributed by atoms with E-state index in [0.717, 1.165) is 33.2 Å². The van der Waals surface area contributed by atoms with Gasteiger partial charge in [0.15, 0.2) is 24.0 Å². The first-order valence-corrected chi connectivity index (χ1v) is 24.9. The van der Waals surface area contributed by atoms with Gasteiger partial charge < -0.3 is 44.9 Å². The molecule has 22 heteroatoms. The summed E-state index contributed by atoms with van der Waals surface area (Å²) in [5.74, 6) is 1.96. The number of rotatable bonds is 19. The van der Waals surface area contributed by atoms with Gasteiger partial charge in [-0.15, -0.1) is 21.5 Å². The molecule has 2 aromatic carbocycles. The van der Waals surface area contributed by atoms with E-state index in [1.165, 1.54) is 29.8 Å². The van der Waals surface area contributed by atoms with Crippen LogP contribution in [0, 0.1) is 26.7 Å². The number of likely N-dealkylation sites (N-methyl/N-ethyl adjacent to an activating group) is 1. The second-order valence-electron chi connectivity index (χ2n) is 17.3. The molecule has 0 spiro atoms. The molecule has 4 N–H and O–H groups in total. The molecule has 0 bridgehead atoms. The summed E-state index contributed by atoms with van der Waals surface area (Å²) in [4.78, 5) is 68.9. The molecular weight excluding hydrogens is 972 g/mol. The van der Waals surface area contributed by atoms with Gasteiger partial charge in [0.2, 0.25) is 17.8 Å². The van der Waals surface area contributed by atoms with Crippen molar-refractivity contribution in [2.75, 3.05) is 70.4 Å². The molecule has 2 aliphatic heterocycles. The van der Waals surface area contributed by atoms with Crippen molar-refractivity contribution in [1.82, 2.24) is 45.2 Å². The van der Waals surface area contributed by atoms with Crippen LogP contribution in [-0.2, 0) is 26.2 Å². The van der Waals surface area contributed by atoms with Crippen LogP contribution in [0.5, 0.6) is 11.5 Å². The molecule has 374 valence electrons. The highest BCUT2D eigenvalue weighted by Gasteiger charge is 2.33. The Morgan fingerprint density at radius 1 is 0.930 bits per heavy atom. The van der Waals surface area contributed by atoms with Crippen molar-refractivity contribution < 1.29 is 28.6 Å². The van der Waals surface area contributed by atoms with E-state index < -0.39 is 11.6 Å². The van der Waals surface area contributed by atoms with Crippen LogP contribution in [0.15, 0.2) is 58.4 Å². The molecule has 19 nitrogen and oxygen atoms in total. The lowest BCUT2D eigenvalue weighted by Crippen LogP contribution is -2.41. The Kier molecular flexibility index (Phi) is 16.2. The molecule has 4 aromatic heterocycles. The number of amides is 3. The number of pyridine rings is 1. The molecule has 0 unspecified atom stereocenters. The monoisotopic (exact) mass is 1030 g/mol. The fourth-order valence-corrected chi connectivity index (χ4v) is 10.1. The van der Waals surface area contributed by atoms with Crippen molar-refractivity contribution >= 4 is 86.3 Å². The molecule has 3 amide bonds. The van der Waals surface area contributed by atoms with E-state index in [-0.39, 0.29) is 42.4 Å². The van der Waals surface area contributed by atoms with E-state index in [4.69, 9.17) is 47.4 Å². The standard InChI is InChI=1S/C49H56Cl2N12O7S/c1-27-28(2)71-48-41(27)42(30-9-11-33(50)12-10-30)57-36(45-60-59-29(3)63(45)48)24-39(64)53-15-7-19-69-20-8-16-54-46(66)31-13-17-62(18-14-31)49-55-25-35(51)44(58-49)56-34-21-32-22-38(70-26-40(65)52-4)47(67)61(5)43(32)37(23-34)68-6/h9-12,21-23,25,31,36H,7-8,13-20,24,26H2,1-6H3,(H,52,65)(H,53,64)(H,54,66)(H,55,56,58)/t36-/m0/s1. The summed E-state index contributed by atoms with van der Waals surface area (Å²) < 4.78 is 20.5. The number of hydrogen-bond donors (Lipinski definition) is 4. The van der Waals surface area contributed by atoms with Gasteiger partial charge in [0.05, 0.1) is 31.0 Å². The van der Waals surface area contributed by atoms with Crippen LogP contribution in [-0.4, -0.2) is 113 Å². The number of carbonyl (C=O) groups excluding carboxylic acids is 3.